The summed E-state index contributed by atoms with van der Waals surface area (Å²) >= 11 is 1.50. The number of carbonyl (C=O) groups is 1. The zero-order valence-corrected chi connectivity index (χ0v) is 13.8. The summed E-state index contributed by atoms with van der Waals surface area (Å²) < 4.78 is 1.67. The Morgan fingerprint density at radius 1 is 1.17 bits per heavy atom. The Kier molecular flexibility index (Phi) is 4.77. The lowest BCUT2D eigenvalue weighted by molar-refractivity contribution is 0.100. The van der Waals surface area contributed by atoms with Crippen molar-refractivity contribution in [1.29, 1.82) is 0 Å². The van der Waals surface area contributed by atoms with Crippen LogP contribution in [-0.4, -0.2) is 10.5 Å². The number of amides is 1. The molecule has 0 fully saturated rings. The van der Waals surface area contributed by atoms with Crippen molar-refractivity contribution in [3.63, 3.8) is 0 Å². The summed E-state index contributed by atoms with van der Waals surface area (Å²) in [5.41, 5.74) is 7.81. The summed E-state index contributed by atoms with van der Waals surface area (Å²) in [7, 11) is 0. The van der Waals surface area contributed by atoms with Crippen molar-refractivity contribution in [3.8, 4) is 0 Å². The van der Waals surface area contributed by atoms with Crippen LogP contribution < -0.4 is 16.6 Å². The minimum absolute atomic E-state index is 0.0114. The lowest BCUT2D eigenvalue weighted by Crippen LogP contribution is -2.18. The Hall–Kier alpha value is -2.86. The molecule has 3 rings (SSSR count). The molecule has 0 saturated heterocycles. The van der Waals surface area contributed by atoms with Crippen LogP contribution in [0.25, 0.3) is 0 Å². The number of hydrogen-bond acceptors (Lipinski definition) is 4. The van der Waals surface area contributed by atoms with Gasteiger partial charge in [-0.05, 0) is 29.8 Å². The first-order chi connectivity index (χ1) is 11.6. The van der Waals surface area contributed by atoms with Gasteiger partial charge in [0.15, 0.2) is 0 Å². The molecule has 122 valence electrons. The Balaban J connectivity index is 1.61. The van der Waals surface area contributed by atoms with E-state index in [9.17, 15) is 9.59 Å². The number of pyridine rings is 1. The van der Waals surface area contributed by atoms with E-state index in [0.717, 1.165) is 16.1 Å². The van der Waals surface area contributed by atoms with Crippen LogP contribution in [0.5, 0.6) is 0 Å². The molecule has 1 aromatic carbocycles. The van der Waals surface area contributed by atoms with Gasteiger partial charge in [0.1, 0.15) is 0 Å². The van der Waals surface area contributed by atoms with Gasteiger partial charge in [0.05, 0.1) is 12.1 Å². The summed E-state index contributed by atoms with van der Waals surface area (Å²) in [4.78, 5) is 23.8. The normalized spacial score (nSPS) is 10.5. The van der Waals surface area contributed by atoms with Crippen LogP contribution >= 0.6 is 11.3 Å². The van der Waals surface area contributed by atoms with Gasteiger partial charge in [-0.2, -0.15) is 0 Å². The first kappa shape index (κ1) is 16.0. The molecule has 3 aromatic rings. The summed E-state index contributed by atoms with van der Waals surface area (Å²) in [5, 5.41) is 5.07. The van der Waals surface area contributed by atoms with E-state index >= 15 is 0 Å². The van der Waals surface area contributed by atoms with Gasteiger partial charge in [-0.1, -0.05) is 18.2 Å². The molecule has 0 radical (unpaired) electrons. The number of nitrogens with zero attached hydrogens (tertiary/aromatic N) is 1. The van der Waals surface area contributed by atoms with Crippen LogP contribution in [0.3, 0.4) is 0 Å². The van der Waals surface area contributed by atoms with Crippen LogP contribution in [0.1, 0.15) is 20.8 Å². The van der Waals surface area contributed by atoms with Gasteiger partial charge in [-0.15, -0.1) is 11.3 Å². The van der Waals surface area contributed by atoms with Crippen molar-refractivity contribution in [2.24, 2.45) is 5.73 Å². The molecule has 2 aromatic heterocycles. The second kappa shape index (κ2) is 7.14. The molecular weight excluding hydrogens is 322 g/mol. The molecule has 0 atom stereocenters. The van der Waals surface area contributed by atoms with Crippen LogP contribution in [-0.2, 0) is 13.1 Å². The first-order valence-electron chi connectivity index (χ1n) is 7.47. The maximum atomic E-state index is 11.7. The molecule has 0 aliphatic rings. The van der Waals surface area contributed by atoms with Crippen molar-refractivity contribution in [3.05, 3.63) is 86.5 Å². The van der Waals surface area contributed by atoms with Crippen molar-refractivity contribution in [2.45, 2.75) is 13.1 Å². The number of aromatic nitrogens is 1. The average Bonchev–Trinajstić information content (AvgIpc) is 3.06. The molecule has 0 aliphatic carbocycles. The molecule has 3 N–H and O–H groups in total. The van der Waals surface area contributed by atoms with Crippen molar-refractivity contribution in [1.82, 2.24) is 4.57 Å². The van der Waals surface area contributed by atoms with E-state index in [-0.39, 0.29) is 5.56 Å². The molecule has 0 unspecified atom stereocenters. The molecule has 6 heteroatoms. The first-order valence-corrected chi connectivity index (χ1v) is 8.35. The number of hydrogen-bond donors (Lipinski definition) is 2. The Morgan fingerprint density at radius 3 is 2.62 bits per heavy atom. The molecular formula is C18H17N3O2S. The van der Waals surface area contributed by atoms with Crippen molar-refractivity contribution >= 4 is 22.9 Å². The number of nitrogens with one attached hydrogen (secondary N) is 1. The minimum atomic E-state index is -0.405. The van der Waals surface area contributed by atoms with Crippen LogP contribution in [0.2, 0.25) is 0 Å². The van der Waals surface area contributed by atoms with Crippen molar-refractivity contribution in [2.75, 3.05) is 5.32 Å². The third-order valence-corrected chi connectivity index (χ3v) is 4.55. The van der Waals surface area contributed by atoms with Gasteiger partial charge in [-0.25, -0.2) is 0 Å². The van der Waals surface area contributed by atoms with Crippen LogP contribution in [0.4, 0.5) is 5.69 Å². The number of rotatable bonds is 6. The molecule has 5 nitrogen and oxygen atoms in total. The number of benzene rings is 1. The summed E-state index contributed by atoms with van der Waals surface area (Å²) in [6.07, 6.45) is 1.78. The van der Waals surface area contributed by atoms with Gasteiger partial charge in [0, 0.05) is 34.8 Å². The minimum Gasteiger partial charge on any atom is -0.380 e. The lowest BCUT2D eigenvalue weighted by atomic mass is 10.2. The van der Waals surface area contributed by atoms with E-state index in [2.05, 4.69) is 5.32 Å². The van der Waals surface area contributed by atoms with Gasteiger partial charge in [0.25, 0.3) is 5.56 Å². The van der Waals surface area contributed by atoms with Gasteiger partial charge in [-0.3, -0.25) is 9.59 Å². The Labute approximate surface area is 143 Å². The fourth-order valence-corrected chi connectivity index (χ4v) is 3.12. The number of carbonyl (C=O) groups excluding carboxylic acids is 1. The number of anilines is 1. The fourth-order valence-electron chi connectivity index (χ4n) is 2.31. The summed E-state index contributed by atoms with van der Waals surface area (Å²) in [5.74, 6) is -0.405. The Morgan fingerprint density at radius 2 is 1.96 bits per heavy atom. The van der Waals surface area contributed by atoms with Crippen molar-refractivity contribution < 1.29 is 4.79 Å². The van der Waals surface area contributed by atoms with E-state index < -0.39 is 5.91 Å². The zero-order valence-electron chi connectivity index (χ0n) is 12.9. The smallest absolute Gasteiger partial charge is 0.250 e. The fraction of sp³-hybridized carbons (Fsp3) is 0.111. The Bertz CT molecular complexity index is 897. The van der Waals surface area contributed by atoms with E-state index in [0.29, 0.717) is 18.7 Å². The standard InChI is InChI=1S/C18H17N3O2S/c19-18(23)14-9-16(24-12-14)10-20-15-6-4-13(5-7-15)11-21-8-2-1-3-17(21)22/h1-9,12,20H,10-11H2,(H2,19,23). The quantitative estimate of drug-likeness (QED) is 0.725. The molecule has 0 bridgehead atoms. The van der Waals surface area contributed by atoms with Crippen LogP contribution in [0.15, 0.2) is 64.9 Å². The number of thiophene rings is 1. The number of nitrogens with two attached hydrogens (primary N) is 1. The predicted molar refractivity (Wildman–Crippen MR) is 96.4 cm³/mol. The molecule has 0 aliphatic heterocycles. The van der Waals surface area contributed by atoms with Gasteiger partial charge in [0.2, 0.25) is 5.91 Å². The highest BCUT2D eigenvalue weighted by molar-refractivity contribution is 7.10. The van der Waals surface area contributed by atoms with Gasteiger partial charge < -0.3 is 15.6 Å². The van der Waals surface area contributed by atoms with E-state index in [1.54, 1.807) is 34.3 Å². The predicted octanol–water partition coefficient (Wildman–Crippen LogP) is 2.67. The molecule has 0 spiro atoms. The summed E-state index contributed by atoms with van der Waals surface area (Å²) in [6.45, 7) is 1.18. The molecule has 0 saturated carbocycles. The summed E-state index contributed by atoms with van der Waals surface area (Å²) in [6, 6.07) is 14.9. The average molecular weight is 339 g/mol. The maximum absolute atomic E-state index is 11.7. The molecule has 24 heavy (non-hydrogen) atoms. The third kappa shape index (κ3) is 3.91. The highest BCUT2D eigenvalue weighted by atomic mass is 32.1. The second-order valence-corrected chi connectivity index (χ2v) is 6.38. The highest BCUT2D eigenvalue weighted by Crippen LogP contribution is 2.17. The molecule has 2 heterocycles. The maximum Gasteiger partial charge on any atom is 0.250 e. The second-order valence-electron chi connectivity index (χ2n) is 5.38. The van der Waals surface area contributed by atoms with E-state index in [4.69, 9.17) is 5.73 Å². The largest absolute Gasteiger partial charge is 0.380 e. The van der Waals surface area contributed by atoms with E-state index in [1.165, 1.54) is 11.3 Å². The third-order valence-electron chi connectivity index (χ3n) is 3.61. The highest BCUT2D eigenvalue weighted by Gasteiger charge is 2.04. The van der Waals surface area contributed by atoms with Crippen LogP contribution in [0, 0.1) is 0 Å². The SMILES string of the molecule is NC(=O)c1csc(CNc2ccc(Cn3ccccc3=O)cc2)c1. The zero-order chi connectivity index (χ0) is 16.9. The number of primary amides is 1. The van der Waals surface area contributed by atoms with Gasteiger partial charge >= 0.3 is 0 Å². The molecule has 1 amide bonds. The lowest BCUT2D eigenvalue weighted by Gasteiger charge is -2.08. The topological polar surface area (TPSA) is 77.1 Å². The van der Waals surface area contributed by atoms with E-state index in [1.807, 2.05) is 30.3 Å². The monoisotopic (exact) mass is 339 g/mol.